The van der Waals surface area contributed by atoms with Crippen LogP contribution in [-0.4, -0.2) is 46.5 Å². The predicted molar refractivity (Wildman–Crippen MR) is 82.8 cm³/mol. The lowest BCUT2D eigenvalue weighted by Gasteiger charge is -2.22. The second-order valence-electron chi connectivity index (χ2n) is 5.53. The molecule has 0 saturated carbocycles. The van der Waals surface area contributed by atoms with Gasteiger partial charge in [-0.1, -0.05) is 13.8 Å². The van der Waals surface area contributed by atoms with Crippen LogP contribution in [0.3, 0.4) is 0 Å². The van der Waals surface area contributed by atoms with Gasteiger partial charge in [0.05, 0.1) is 5.88 Å². The van der Waals surface area contributed by atoms with Crippen molar-refractivity contribution in [1.82, 2.24) is 14.5 Å². The summed E-state index contributed by atoms with van der Waals surface area (Å²) in [4.78, 5) is 0. The number of hydrogen-bond donors (Lipinski definition) is 1. The molecule has 1 saturated heterocycles. The van der Waals surface area contributed by atoms with E-state index >= 15 is 0 Å². The third-order valence-electron chi connectivity index (χ3n) is 3.55. The zero-order valence-corrected chi connectivity index (χ0v) is 14.3. The minimum atomic E-state index is -3.56. The van der Waals surface area contributed by atoms with Gasteiger partial charge in [0, 0.05) is 34.8 Å². The number of alkyl halides is 1. The maximum atomic E-state index is 12.7. The first kappa shape index (κ1) is 16.1. The molecule has 20 heavy (non-hydrogen) atoms. The van der Waals surface area contributed by atoms with Crippen LogP contribution in [0.5, 0.6) is 0 Å². The topological polar surface area (TPSA) is 66.1 Å². The third-order valence-corrected chi connectivity index (χ3v) is 7.06. The summed E-state index contributed by atoms with van der Waals surface area (Å²) in [7, 11) is -3.56. The van der Waals surface area contributed by atoms with Gasteiger partial charge < -0.3 is 0 Å². The highest BCUT2D eigenvalue weighted by atomic mass is 35.5. The molecule has 1 aliphatic heterocycles. The molecule has 5 nitrogen and oxygen atoms in total. The van der Waals surface area contributed by atoms with E-state index in [1.165, 1.54) is 4.31 Å². The normalized spacial score (nSPS) is 20.8. The Bertz CT molecular complexity index is 584. The quantitative estimate of drug-likeness (QED) is 0.860. The lowest BCUT2D eigenvalue weighted by molar-refractivity contribution is 0.413. The molecular formula is C12H20ClN3O2S2. The summed E-state index contributed by atoms with van der Waals surface area (Å²) < 4.78 is 27.1. The second-order valence-corrected chi connectivity index (χ2v) is 9.45. The summed E-state index contributed by atoms with van der Waals surface area (Å²) in [5, 5.41) is 6.75. The molecule has 0 aliphatic carbocycles. The van der Waals surface area contributed by atoms with Crippen molar-refractivity contribution in [2.24, 2.45) is 0 Å². The molecule has 1 aromatic heterocycles. The zero-order valence-electron chi connectivity index (χ0n) is 11.9. The molecule has 1 aliphatic rings. The Kier molecular flexibility index (Phi) is 4.73. The Labute approximate surface area is 129 Å². The largest absolute Gasteiger partial charge is 0.281 e. The van der Waals surface area contributed by atoms with Gasteiger partial charge in [-0.25, -0.2) is 8.42 Å². The average molecular weight is 338 g/mol. The van der Waals surface area contributed by atoms with E-state index in [9.17, 15) is 8.42 Å². The van der Waals surface area contributed by atoms with Crippen molar-refractivity contribution < 1.29 is 8.42 Å². The summed E-state index contributed by atoms with van der Waals surface area (Å²) >= 11 is 7.67. The fourth-order valence-electron chi connectivity index (χ4n) is 2.17. The first-order chi connectivity index (χ1) is 9.28. The van der Waals surface area contributed by atoms with Crippen molar-refractivity contribution in [3.05, 3.63) is 11.3 Å². The summed E-state index contributed by atoms with van der Waals surface area (Å²) in [5.74, 6) is 0.941. The standard InChI is InChI=1S/C12H20ClN3O2S2/c1-9-10(8-13)11(15-14-9)20(17,18)16-5-4-12(2,3)19-7-6-16/h4-8H2,1-3H3,(H,14,15). The molecule has 0 amide bonds. The van der Waals surface area contributed by atoms with Gasteiger partial charge in [-0.3, -0.25) is 5.10 Å². The number of halogens is 1. The number of thioether (sulfide) groups is 1. The predicted octanol–water partition coefficient (Wildman–Crippen LogP) is 2.36. The van der Waals surface area contributed by atoms with E-state index in [2.05, 4.69) is 24.0 Å². The van der Waals surface area contributed by atoms with Crippen molar-refractivity contribution in [1.29, 1.82) is 0 Å². The van der Waals surface area contributed by atoms with Crippen molar-refractivity contribution in [3.63, 3.8) is 0 Å². The molecule has 0 aromatic carbocycles. The number of nitrogens with one attached hydrogen (secondary N) is 1. The number of aromatic nitrogens is 2. The van der Waals surface area contributed by atoms with Gasteiger partial charge in [0.25, 0.3) is 10.0 Å². The van der Waals surface area contributed by atoms with Crippen LogP contribution in [0, 0.1) is 6.92 Å². The van der Waals surface area contributed by atoms with Gasteiger partial charge in [0.15, 0.2) is 5.03 Å². The molecule has 0 unspecified atom stereocenters. The number of aryl methyl sites for hydroxylation is 1. The van der Waals surface area contributed by atoms with Crippen LogP contribution < -0.4 is 0 Å². The highest BCUT2D eigenvalue weighted by molar-refractivity contribution is 8.00. The van der Waals surface area contributed by atoms with Crippen LogP contribution in [0.4, 0.5) is 0 Å². The molecule has 1 fully saturated rings. The summed E-state index contributed by atoms with van der Waals surface area (Å²) in [6.07, 6.45) is 0.830. The Morgan fingerprint density at radius 2 is 2.15 bits per heavy atom. The van der Waals surface area contributed by atoms with Crippen molar-refractivity contribution in [2.45, 2.75) is 42.8 Å². The van der Waals surface area contributed by atoms with Crippen molar-refractivity contribution in [3.8, 4) is 0 Å². The van der Waals surface area contributed by atoms with Gasteiger partial charge in [-0.2, -0.15) is 21.2 Å². The van der Waals surface area contributed by atoms with Gasteiger partial charge >= 0.3 is 0 Å². The first-order valence-corrected chi connectivity index (χ1v) is 9.48. The van der Waals surface area contributed by atoms with Gasteiger partial charge in [-0.15, -0.1) is 11.6 Å². The Balaban J connectivity index is 2.30. The van der Waals surface area contributed by atoms with E-state index in [1.807, 2.05) is 11.8 Å². The summed E-state index contributed by atoms with van der Waals surface area (Å²) in [5.41, 5.74) is 1.28. The molecule has 0 spiro atoms. The third kappa shape index (κ3) is 3.16. The lowest BCUT2D eigenvalue weighted by atomic mass is 10.1. The molecule has 114 valence electrons. The van der Waals surface area contributed by atoms with E-state index in [1.54, 1.807) is 6.92 Å². The molecule has 2 heterocycles. The van der Waals surface area contributed by atoms with E-state index < -0.39 is 10.0 Å². The van der Waals surface area contributed by atoms with E-state index in [0.29, 0.717) is 24.3 Å². The molecule has 2 rings (SSSR count). The number of H-pyrrole nitrogens is 1. The van der Waals surface area contributed by atoms with Crippen LogP contribution in [0.25, 0.3) is 0 Å². The molecule has 0 bridgehead atoms. The smallest absolute Gasteiger partial charge is 0.262 e. The van der Waals surface area contributed by atoms with Gasteiger partial charge in [0.1, 0.15) is 0 Å². The lowest BCUT2D eigenvalue weighted by Crippen LogP contribution is -2.34. The monoisotopic (exact) mass is 337 g/mol. The summed E-state index contributed by atoms with van der Waals surface area (Å²) in [6, 6.07) is 0. The number of sulfonamides is 1. The molecular weight excluding hydrogens is 318 g/mol. The number of rotatable bonds is 3. The van der Waals surface area contributed by atoms with Crippen LogP contribution in [-0.2, 0) is 15.9 Å². The van der Waals surface area contributed by atoms with Crippen LogP contribution in [0.15, 0.2) is 5.03 Å². The highest BCUT2D eigenvalue weighted by Gasteiger charge is 2.33. The highest BCUT2D eigenvalue weighted by Crippen LogP contribution is 2.33. The molecule has 1 aromatic rings. The minimum absolute atomic E-state index is 0.0784. The zero-order chi connectivity index (χ0) is 15.0. The molecule has 8 heteroatoms. The van der Waals surface area contributed by atoms with E-state index in [0.717, 1.165) is 12.2 Å². The molecule has 0 radical (unpaired) electrons. The Morgan fingerprint density at radius 1 is 1.45 bits per heavy atom. The Hall–Kier alpha value is -0.240. The maximum Gasteiger partial charge on any atom is 0.262 e. The fourth-order valence-corrected chi connectivity index (χ4v) is 5.39. The van der Waals surface area contributed by atoms with Crippen LogP contribution >= 0.6 is 23.4 Å². The first-order valence-electron chi connectivity index (χ1n) is 6.52. The average Bonchev–Trinajstić information content (AvgIpc) is 2.64. The van der Waals surface area contributed by atoms with Crippen LogP contribution in [0.2, 0.25) is 0 Å². The van der Waals surface area contributed by atoms with Crippen molar-refractivity contribution in [2.75, 3.05) is 18.8 Å². The fraction of sp³-hybridized carbons (Fsp3) is 0.750. The maximum absolute atomic E-state index is 12.7. The Morgan fingerprint density at radius 3 is 2.80 bits per heavy atom. The van der Waals surface area contributed by atoms with E-state index in [4.69, 9.17) is 11.6 Å². The van der Waals surface area contributed by atoms with E-state index in [-0.39, 0.29) is 15.7 Å². The number of aromatic amines is 1. The second kappa shape index (κ2) is 5.87. The molecule has 1 N–H and O–H groups in total. The SMILES string of the molecule is Cc1[nH]nc(S(=O)(=O)N2CCSC(C)(C)CC2)c1CCl. The van der Waals surface area contributed by atoms with Gasteiger partial charge in [-0.05, 0) is 13.3 Å². The summed E-state index contributed by atoms with van der Waals surface area (Å²) in [6.45, 7) is 7.12. The van der Waals surface area contributed by atoms with Gasteiger partial charge in [0.2, 0.25) is 0 Å². The number of nitrogens with zero attached hydrogens (tertiary/aromatic N) is 2. The van der Waals surface area contributed by atoms with Crippen molar-refractivity contribution >= 4 is 33.4 Å². The number of hydrogen-bond acceptors (Lipinski definition) is 4. The minimum Gasteiger partial charge on any atom is -0.281 e. The van der Waals surface area contributed by atoms with Crippen LogP contribution in [0.1, 0.15) is 31.5 Å². The molecule has 0 atom stereocenters.